The summed E-state index contributed by atoms with van der Waals surface area (Å²) in [7, 11) is 0. The van der Waals surface area contributed by atoms with Crippen molar-refractivity contribution < 1.29 is 23.1 Å². The molecule has 0 unspecified atom stereocenters. The van der Waals surface area contributed by atoms with Crippen LogP contribution in [-0.4, -0.2) is 102 Å². The largest absolute Gasteiger partial charge is 0.450 e. The average molecular weight is 469 g/mol. The lowest BCUT2D eigenvalue weighted by atomic mass is 9.64. The highest BCUT2D eigenvalue weighted by atomic mass is 19.3. The third-order valence-electron chi connectivity index (χ3n) is 8.92. The molecule has 3 amide bonds. The first-order valence-electron chi connectivity index (χ1n) is 12.9. The van der Waals surface area contributed by atoms with Gasteiger partial charge in [-0.05, 0) is 76.3 Å². The van der Waals surface area contributed by atoms with E-state index in [1.54, 1.807) is 0 Å². The molecule has 0 aromatic carbocycles. The Hall–Kier alpha value is -1.64. The van der Waals surface area contributed by atoms with E-state index in [1.165, 1.54) is 4.90 Å². The third-order valence-corrected chi connectivity index (χ3v) is 8.92. The third kappa shape index (κ3) is 4.54. The predicted molar refractivity (Wildman–Crippen MR) is 119 cm³/mol. The summed E-state index contributed by atoms with van der Waals surface area (Å²) in [5.41, 5.74) is 0.279. The van der Waals surface area contributed by atoms with Gasteiger partial charge in [0.1, 0.15) is 0 Å². The Bertz CT molecular complexity index is 752. The maximum Gasteiger partial charge on any atom is 0.409 e. The molecule has 4 heterocycles. The highest BCUT2D eigenvalue weighted by Crippen LogP contribution is 2.51. The van der Waals surface area contributed by atoms with Crippen molar-refractivity contribution in [2.75, 3.05) is 52.4 Å². The Balaban J connectivity index is 1.09. The highest BCUT2D eigenvalue weighted by molar-refractivity contribution is 5.75. The van der Waals surface area contributed by atoms with Crippen molar-refractivity contribution >= 4 is 12.1 Å². The summed E-state index contributed by atoms with van der Waals surface area (Å²) in [5.74, 6) is -2.26. The van der Waals surface area contributed by atoms with Crippen molar-refractivity contribution in [1.29, 1.82) is 0 Å². The molecule has 1 atom stereocenters. The van der Waals surface area contributed by atoms with Gasteiger partial charge in [0.25, 0.3) is 5.92 Å². The van der Waals surface area contributed by atoms with Gasteiger partial charge >= 0.3 is 12.1 Å². The van der Waals surface area contributed by atoms with E-state index < -0.39 is 12.5 Å². The minimum atomic E-state index is -2.73. The zero-order chi connectivity index (χ0) is 23.2. The number of hydrogen-bond acceptors (Lipinski definition) is 4. The summed E-state index contributed by atoms with van der Waals surface area (Å²) in [4.78, 5) is 32.7. The average Bonchev–Trinajstić information content (AvgIpc) is 3.50. The number of nitrogens with zero attached hydrogens (tertiary/aromatic N) is 4. The van der Waals surface area contributed by atoms with E-state index >= 15 is 0 Å². The fourth-order valence-corrected chi connectivity index (χ4v) is 7.11. The Labute approximate surface area is 195 Å². The predicted octanol–water partition coefficient (Wildman–Crippen LogP) is 3.63. The maximum atomic E-state index is 13.6. The van der Waals surface area contributed by atoms with Crippen molar-refractivity contribution in [3.8, 4) is 0 Å². The van der Waals surface area contributed by atoms with Crippen LogP contribution in [0.3, 0.4) is 0 Å². The topological polar surface area (TPSA) is 56.3 Å². The van der Waals surface area contributed by atoms with Crippen LogP contribution >= 0.6 is 0 Å². The molecule has 5 aliphatic rings. The molecule has 5 rings (SSSR count). The minimum absolute atomic E-state index is 0.171. The summed E-state index contributed by atoms with van der Waals surface area (Å²) in [6, 6.07) is 0.626. The molecule has 0 radical (unpaired) electrons. The summed E-state index contributed by atoms with van der Waals surface area (Å²) < 4.78 is 32.4. The summed E-state index contributed by atoms with van der Waals surface area (Å²) >= 11 is 0. The fourth-order valence-electron chi connectivity index (χ4n) is 7.11. The van der Waals surface area contributed by atoms with Crippen LogP contribution in [0.4, 0.5) is 18.4 Å². The van der Waals surface area contributed by atoms with Crippen LogP contribution in [0.25, 0.3) is 0 Å². The van der Waals surface area contributed by atoms with Gasteiger partial charge in [-0.3, -0.25) is 0 Å². The lowest BCUT2D eigenvalue weighted by Gasteiger charge is -2.52. The number of urea groups is 1. The van der Waals surface area contributed by atoms with Gasteiger partial charge in [0.2, 0.25) is 0 Å². The maximum absolute atomic E-state index is 13.6. The number of amides is 3. The molecule has 1 aliphatic carbocycles. The molecule has 0 aromatic heterocycles. The molecule has 1 spiro atoms. The monoisotopic (exact) mass is 468 g/mol. The number of hydrogen-bond donors (Lipinski definition) is 0. The van der Waals surface area contributed by atoms with Crippen LogP contribution in [0.15, 0.2) is 0 Å². The molecule has 186 valence electrons. The van der Waals surface area contributed by atoms with E-state index in [0.29, 0.717) is 25.1 Å². The second-order valence-corrected chi connectivity index (χ2v) is 11.0. The van der Waals surface area contributed by atoms with Crippen molar-refractivity contribution in [3.63, 3.8) is 0 Å². The number of carbonyl (C=O) groups is 2. The smallest absolute Gasteiger partial charge is 0.409 e. The molecule has 9 heteroatoms. The van der Waals surface area contributed by atoms with Crippen molar-refractivity contribution in [2.24, 2.45) is 11.3 Å². The van der Waals surface area contributed by atoms with Gasteiger partial charge in [-0.2, -0.15) is 0 Å². The molecule has 5 fully saturated rings. The molecule has 0 aromatic rings. The van der Waals surface area contributed by atoms with Gasteiger partial charge in [-0.15, -0.1) is 0 Å². The van der Waals surface area contributed by atoms with Gasteiger partial charge in [0.15, 0.2) is 0 Å². The van der Waals surface area contributed by atoms with E-state index in [-0.39, 0.29) is 36.5 Å². The molecule has 0 N–H and O–H groups in total. The van der Waals surface area contributed by atoms with Crippen LogP contribution in [0.2, 0.25) is 0 Å². The summed E-state index contributed by atoms with van der Waals surface area (Å²) in [6.07, 6.45) is 7.12. The van der Waals surface area contributed by atoms with E-state index in [2.05, 4.69) is 4.90 Å². The van der Waals surface area contributed by atoms with Crippen LogP contribution in [0.5, 0.6) is 0 Å². The van der Waals surface area contributed by atoms with Crippen LogP contribution in [0.1, 0.15) is 58.3 Å². The molecule has 7 nitrogen and oxygen atoms in total. The second kappa shape index (κ2) is 8.86. The molecule has 33 heavy (non-hydrogen) atoms. The number of likely N-dealkylation sites (tertiary alicyclic amines) is 4. The second-order valence-electron chi connectivity index (χ2n) is 11.0. The molecule has 4 aliphatic heterocycles. The normalized spacial score (nSPS) is 34.8. The highest BCUT2D eigenvalue weighted by Gasteiger charge is 2.52. The van der Waals surface area contributed by atoms with E-state index in [9.17, 15) is 18.4 Å². The number of alkyl halides is 2. The number of ether oxygens (including phenoxy) is 1. The Morgan fingerprint density at radius 1 is 0.939 bits per heavy atom. The van der Waals surface area contributed by atoms with Crippen LogP contribution < -0.4 is 0 Å². The molecule has 0 bridgehead atoms. The number of piperidine rings is 1. The fraction of sp³-hybridized carbons (Fsp3) is 0.917. The lowest BCUT2D eigenvalue weighted by molar-refractivity contribution is -0.0153. The minimum Gasteiger partial charge on any atom is -0.450 e. The molecular weight excluding hydrogens is 430 g/mol. The van der Waals surface area contributed by atoms with Gasteiger partial charge in [-0.1, -0.05) is 0 Å². The molecule has 1 saturated carbocycles. The van der Waals surface area contributed by atoms with Gasteiger partial charge in [-0.25, -0.2) is 18.4 Å². The number of rotatable bonds is 3. The quantitative estimate of drug-likeness (QED) is 0.635. The van der Waals surface area contributed by atoms with E-state index in [0.717, 1.165) is 71.1 Å². The van der Waals surface area contributed by atoms with Crippen LogP contribution in [-0.2, 0) is 4.74 Å². The first-order valence-corrected chi connectivity index (χ1v) is 12.9. The van der Waals surface area contributed by atoms with Crippen molar-refractivity contribution in [1.82, 2.24) is 19.6 Å². The van der Waals surface area contributed by atoms with E-state index in [1.807, 2.05) is 16.7 Å². The number of carbonyl (C=O) groups excluding carboxylic acids is 2. The standard InChI is InChI=1S/C24H38F2N4O3/c1-2-33-22(32)29-12-7-23(16-29)14-19(15-23)27-10-5-18(6-11-27)20-4-3-9-30(20)21(31)28-13-8-24(25,26)17-28/h18-20H,2-17H2,1H3/t19?,20-,23?/m0/s1. The Morgan fingerprint density at radius 3 is 2.33 bits per heavy atom. The first-order chi connectivity index (χ1) is 15.8. The number of halogens is 2. The van der Waals surface area contributed by atoms with Crippen molar-refractivity contribution in [2.45, 2.75) is 76.3 Å². The summed E-state index contributed by atoms with van der Waals surface area (Å²) in [6.45, 7) is 6.45. The van der Waals surface area contributed by atoms with Crippen molar-refractivity contribution in [3.05, 3.63) is 0 Å². The zero-order valence-corrected chi connectivity index (χ0v) is 19.8. The van der Waals surface area contributed by atoms with Crippen LogP contribution in [0, 0.1) is 11.3 Å². The molecular formula is C24H38F2N4O3. The van der Waals surface area contributed by atoms with Gasteiger partial charge in [0.05, 0.1) is 13.2 Å². The van der Waals surface area contributed by atoms with Gasteiger partial charge in [0, 0.05) is 44.7 Å². The first kappa shape index (κ1) is 23.1. The van der Waals surface area contributed by atoms with E-state index in [4.69, 9.17) is 4.74 Å². The Morgan fingerprint density at radius 2 is 1.67 bits per heavy atom. The Kier molecular flexibility index (Phi) is 6.20. The zero-order valence-electron chi connectivity index (χ0n) is 19.8. The van der Waals surface area contributed by atoms with Gasteiger partial charge < -0.3 is 24.3 Å². The molecule has 4 saturated heterocycles. The lowest BCUT2D eigenvalue weighted by Crippen LogP contribution is -2.55. The summed E-state index contributed by atoms with van der Waals surface area (Å²) in [5, 5.41) is 0. The SMILES string of the molecule is CCOC(=O)N1CCC2(CC(N3CCC([C@@H]4CCCN4C(=O)N4CCC(F)(F)C4)CC3)C2)C1.